The van der Waals surface area contributed by atoms with Crippen molar-refractivity contribution in [2.24, 2.45) is 0 Å². The van der Waals surface area contributed by atoms with Crippen molar-refractivity contribution < 1.29 is 14.3 Å². The highest BCUT2D eigenvalue weighted by atomic mass is 16.6. The van der Waals surface area contributed by atoms with Crippen LogP contribution in [0.4, 0.5) is 0 Å². The summed E-state index contributed by atoms with van der Waals surface area (Å²) in [6.07, 6.45) is 1.03. The maximum absolute atomic E-state index is 12.5. The highest BCUT2D eigenvalue weighted by molar-refractivity contribution is 5.78. The first-order valence-corrected chi connectivity index (χ1v) is 9.44. The summed E-state index contributed by atoms with van der Waals surface area (Å²) in [5.74, 6) is 1.68. The van der Waals surface area contributed by atoms with Crippen LogP contribution in [-0.2, 0) is 24.3 Å². The fraction of sp³-hybridized carbons (Fsp3) is 0.409. The van der Waals surface area contributed by atoms with Crippen LogP contribution in [0.5, 0.6) is 11.5 Å². The molecule has 0 radical (unpaired) electrons. The average molecular weight is 368 g/mol. The smallest absolute Gasteiger partial charge is 0.236 e. The number of hydrogen-bond acceptors (Lipinski definition) is 4. The molecule has 1 heterocycles. The monoisotopic (exact) mass is 368 g/mol. The number of rotatable bonds is 7. The Labute approximate surface area is 161 Å². The first-order valence-electron chi connectivity index (χ1n) is 9.44. The molecule has 5 nitrogen and oxygen atoms in total. The zero-order valence-corrected chi connectivity index (χ0v) is 16.4. The van der Waals surface area contributed by atoms with E-state index in [4.69, 9.17) is 9.47 Å². The Morgan fingerprint density at radius 3 is 2.22 bits per heavy atom. The summed E-state index contributed by atoms with van der Waals surface area (Å²) >= 11 is 0. The van der Waals surface area contributed by atoms with Gasteiger partial charge in [-0.1, -0.05) is 37.3 Å². The van der Waals surface area contributed by atoms with Crippen LogP contribution in [0.2, 0.25) is 0 Å². The largest absolute Gasteiger partial charge is 0.486 e. The molecule has 0 saturated heterocycles. The Morgan fingerprint density at radius 2 is 1.52 bits per heavy atom. The fourth-order valence-corrected chi connectivity index (χ4v) is 3.15. The van der Waals surface area contributed by atoms with Crippen molar-refractivity contribution in [3.63, 3.8) is 0 Å². The molecule has 0 saturated carbocycles. The molecule has 0 N–H and O–H groups in total. The number of likely N-dealkylation sites (N-methyl/N-ethyl adjacent to an activating group) is 2. The number of nitrogens with zero attached hydrogens (tertiary/aromatic N) is 2. The molecule has 5 heteroatoms. The van der Waals surface area contributed by atoms with E-state index < -0.39 is 0 Å². The Morgan fingerprint density at radius 1 is 0.889 bits per heavy atom. The number of benzene rings is 2. The molecule has 1 aliphatic rings. The standard InChI is InChI=1S/C22H28N2O3/c1-4-17-5-7-18(8-6-17)15-24(3)22(25)16-23(2)14-19-9-10-20-21(13-19)27-12-11-26-20/h5-10,13H,4,11-12,14-16H2,1-3H3. The second-order valence-electron chi connectivity index (χ2n) is 7.07. The molecule has 144 valence electrons. The van der Waals surface area contributed by atoms with Crippen molar-refractivity contribution in [2.45, 2.75) is 26.4 Å². The van der Waals surface area contributed by atoms with Crippen LogP contribution in [0, 0.1) is 0 Å². The summed E-state index contributed by atoms with van der Waals surface area (Å²) in [6, 6.07) is 14.4. The SMILES string of the molecule is CCc1ccc(CN(C)C(=O)CN(C)Cc2ccc3c(c2)OCCO3)cc1. The zero-order chi connectivity index (χ0) is 19.2. The van der Waals surface area contributed by atoms with Crippen molar-refractivity contribution in [3.05, 3.63) is 59.2 Å². The van der Waals surface area contributed by atoms with Gasteiger partial charge in [0.2, 0.25) is 5.91 Å². The van der Waals surface area contributed by atoms with Crippen molar-refractivity contribution >= 4 is 5.91 Å². The van der Waals surface area contributed by atoms with E-state index in [1.54, 1.807) is 4.90 Å². The van der Waals surface area contributed by atoms with E-state index in [0.717, 1.165) is 29.0 Å². The number of hydrogen-bond donors (Lipinski definition) is 0. The molecular weight excluding hydrogens is 340 g/mol. The molecule has 3 rings (SSSR count). The second kappa shape index (κ2) is 8.91. The number of aryl methyl sites for hydroxylation is 1. The molecule has 27 heavy (non-hydrogen) atoms. The summed E-state index contributed by atoms with van der Waals surface area (Å²) in [6.45, 7) is 4.99. The van der Waals surface area contributed by atoms with Gasteiger partial charge in [0.05, 0.1) is 6.54 Å². The summed E-state index contributed by atoms with van der Waals surface area (Å²) in [5.41, 5.74) is 3.57. The van der Waals surface area contributed by atoms with Crippen LogP contribution in [0.25, 0.3) is 0 Å². The van der Waals surface area contributed by atoms with E-state index in [1.807, 2.05) is 37.2 Å². The van der Waals surface area contributed by atoms with Crippen LogP contribution >= 0.6 is 0 Å². The van der Waals surface area contributed by atoms with Crippen molar-refractivity contribution in [1.82, 2.24) is 9.80 Å². The number of carbonyl (C=O) groups is 1. The predicted molar refractivity (Wildman–Crippen MR) is 106 cm³/mol. The van der Waals surface area contributed by atoms with Gasteiger partial charge in [0, 0.05) is 20.1 Å². The number of amides is 1. The third kappa shape index (κ3) is 5.23. The van der Waals surface area contributed by atoms with Gasteiger partial charge in [0.15, 0.2) is 11.5 Å². The van der Waals surface area contributed by atoms with E-state index >= 15 is 0 Å². The zero-order valence-electron chi connectivity index (χ0n) is 16.4. The first kappa shape index (κ1) is 19.2. The molecule has 0 aromatic heterocycles. The minimum absolute atomic E-state index is 0.106. The topological polar surface area (TPSA) is 42.0 Å². The number of fused-ring (bicyclic) bond motifs is 1. The first-order chi connectivity index (χ1) is 13.0. The van der Waals surface area contributed by atoms with Gasteiger partial charge in [0.25, 0.3) is 0 Å². The molecule has 0 spiro atoms. The van der Waals surface area contributed by atoms with Crippen LogP contribution in [-0.4, -0.2) is 49.6 Å². The Balaban J connectivity index is 1.51. The molecule has 1 amide bonds. The molecule has 1 aliphatic heterocycles. The van der Waals surface area contributed by atoms with Crippen molar-refractivity contribution in [2.75, 3.05) is 33.9 Å². The van der Waals surface area contributed by atoms with Gasteiger partial charge < -0.3 is 14.4 Å². The van der Waals surface area contributed by atoms with Gasteiger partial charge >= 0.3 is 0 Å². The number of carbonyl (C=O) groups excluding carboxylic acids is 1. The van der Waals surface area contributed by atoms with Gasteiger partial charge in [-0.3, -0.25) is 9.69 Å². The molecule has 0 atom stereocenters. The molecule has 0 fully saturated rings. The van der Waals surface area contributed by atoms with Crippen LogP contribution in [0.3, 0.4) is 0 Å². The maximum Gasteiger partial charge on any atom is 0.236 e. The molecular formula is C22H28N2O3. The lowest BCUT2D eigenvalue weighted by Gasteiger charge is -2.23. The van der Waals surface area contributed by atoms with Gasteiger partial charge in [0.1, 0.15) is 13.2 Å². The maximum atomic E-state index is 12.5. The number of ether oxygens (including phenoxy) is 2. The lowest BCUT2D eigenvalue weighted by atomic mass is 10.1. The third-order valence-corrected chi connectivity index (χ3v) is 4.74. The van der Waals surface area contributed by atoms with E-state index in [2.05, 4.69) is 31.2 Å². The van der Waals surface area contributed by atoms with E-state index in [0.29, 0.717) is 32.8 Å². The Kier molecular flexibility index (Phi) is 6.35. The van der Waals surface area contributed by atoms with Gasteiger partial charge in [-0.2, -0.15) is 0 Å². The lowest BCUT2D eigenvalue weighted by molar-refractivity contribution is -0.131. The Hall–Kier alpha value is -2.53. The molecule has 0 bridgehead atoms. The van der Waals surface area contributed by atoms with Crippen LogP contribution < -0.4 is 9.47 Å². The van der Waals surface area contributed by atoms with E-state index in [9.17, 15) is 4.79 Å². The fourth-order valence-electron chi connectivity index (χ4n) is 3.15. The van der Waals surface area contributed by atoms with Gasteiger partial charge in [-0.15, -0.1) is 0 Å². The summed E-state index contributed by atoms with van der Waals surface area (Å²) < 4.78 is 11.2. The summed E-state index contributed by atoms with van der Waals surface area (Å²) in [4.78, 5) is 16.3. The van der Waals surface area contributed by atoms with Crippen molar-refractivity contribution in [1.29, 1.82) is 0 Å². The van der Waals surface area contributed by atoms with Gasteiger partial charge in [-0.05, 0) is 42.3 Å². The highest BCUT2D eigenvalue weighted by Gasteiger charge is 2.15. The van der Waals surface area contributed by atoms with Crippen LogP contribution in [0.15, 0.2) is 42.5 Å². The highest BCUT2D eigenvalue weighted by Crippen LogP contribution is 2.31. The Bertz CT molecular complexity index is 774. The second-order valence-corrected chi connectivity index (χ2v) is 7.07. The predicted octanol–water partition coefficient (Wildman–Crippen LogP) is 3.11. The van der Waals surface area contributed by atoms with Crippen LogP contribution in [0.1, 0.15) is 23.6 Å². The summed E-state index contributed by atoms with van der Waals surface area (Å²) in [5, 5.41) is 0. The van der Waals surface area contributed by atoms with Crippen molar-refractivity contribution in [3.8, 4) is 11.5 Å². The van der Waals surface area contributed by atoms with E-state index in [-0.39, 0.29) is 5.91 Å². The normalized spacial score (nSPS) is 12.9. The molecule has 0 unspecified atom stereocenters. The molecule has 2 aromatic rings. The quantitative estimate of drug-likeness (QED) is 0.753. The molecule has 2 aromatic carbocycles. The minimum Gasteiger partial charge on any atom is -0.486 e. The van der Waals surface area contributed by atoms with Gasteiger partial charge in [-0.25, -0.2) is 0 Å². The summed E-state index contributed by atoms with van der Waals surface area (Å²) in [7, 11) is 3.81. The molecule has 0 aliphatic carbocycles. The third-order valence-electron chi connectivity index (χ3n) is 4.74. The average Bonchev–Trinajstić information content (AvgIpc) is 2.68. The lowest BCUT2D eigenvalue weighted by Crippen LogP contribution is -2.36. The minimum atomic E-state index is 0.106. The van der Waals surface area contributed by atoms with E-state index in [1.165, 1.54) is 5.56 Å².